The van der Waals surface area contributed by atoms with Crippen LogP contribution >= 0.6 is 0 Å². The van der Waals surface area contributed by atoms with Crippen molar-refractivity contribution in [2.45, 2.75) is 44.6 Å². The Bertz CT molecular complexity index is 723. The fourth-order valence-corrected chi connectivity index (χ4v) is 3.00. The Morgan fingerprint density at radius 3 is 2.76 bits per heavy atom. The van der Waals surface area contributed by atoms with Gasteiger partial charge in [-0.25, -0.2) is 0 Å². The SMILES string of the molecule is CCc1noc(C2(NC(=O)CCc3ccccc3O)CCOCC2)n1. The van der Waals surface area contributed by atoms with Gasteiger partial charge in [-0.3, -0.25) is 4.79 Å². The Morgan fingerprint density at radius 2 is 2.08 bits per heavy atom. The minimum absolute atomic E-state index is 0.110. The van der Waals surface area contributed by atoms with Crippen molar-refractivity contribution in [3.8, 4) is 5.75 Å². The zero-order chi connectivity index (χ0) is 17.7. The number of phenolic OH excluding ortho intramolecular Hbond substituents is 1. The lowest BCUT2D eigenvalue weighted by Crippen LogP contribution is -2.49. The highest BCUT2D eigenvalue weighted by atomic mass is 16.5. The second kappa shape index (κ2) is 7.65. The van der Waals surface area contributed by atoms with Crippen molar-refractivity contribution in [3.63, 3.8) is 0 Å². The average molecular weight is 345 g/mol. The van der Waals surface area contributed by atoms with Crippen LogP contribution in [-0.4, -0.2) is 34.4 Å². The number of rotatable bonds is 6. The third-order valence-corrected chi connectivity index (χ3v) is 4.53. The lowest BCUT2D eigenvalue weighted by molar-refractivity contribution is -0.125. The van der Waals surface area contributed by atoms with Crippen LogP contribution in [-0.2, 0) is 27.9 Å². The minimum atomic E-state index is -0.672. The van der Waals surface area contributed by atoms with E-state index in [-0.39, 0.29) is 18.1 Å². The molecule has 2 N–H and O–H groups in total. The van der Waals surface area contributed by atoms with Gasteiger partial charge >= 0.3 is 0 Å². The Hall–Kier alpha value is -2.41. The second-order valence-electron chi connectivity index (χ2n) is 6.24. The number of para-hydroxylation sites is 1. The molecule has 0 bridgehead atoms. The number of nitrogens with one attached hydrogen (secondary N) is 1. The lowest BCUT2D eigenvalue weighted by atomic mass is 9.89. The van der Waals surface area contributed by atoms with Gasteiger partial charge in [0, 0.05) is 38.9 Å². The molecule has 25 heavy (non-hydrogen) atoms. The Balaban J connectivity index is 1.69. The summed E-state index contributed by atoms with van der Waals surface area (Å²) in [7, 11) is 0. The molecular formula is C18H23N3O4. The van der Waals surface area contributed by atoms with Gasteiger partial charge in [-0.05, 0) is 18.1 Å². The van der Waals surface area contributed by atoms with E-state index in [9.17, 15) is 9.90 Å². The molecule has 1 aromatic heterocycles. The molecule has 3 rings (SSSR count). The summed E-state index contributed by atoms with van der Waals surface area (Å²) < 4.78 is 10.8. The van der Waals surface area contributed by atoms with E-state index in [1.54, 1.807) is 12.1 Å². The second-order valence-corrected chi connectivity index (χ2v) is 6.24. The number of aromatic nitrogens is 2. The molecule has 1 fully saturated rings. The van der Waals surface area contributed by atoms with Crippen molar-refractivity contribution in [3.05, 3.63) is 41.5 Å². The summed E-state index contributed by atoms with van der Waals surface area (Å²) in [4.78, 5) is 16.9. The summed E-state index contributed by atoms with van der Waals surface area (Å²) in [5.74, 6) is 1.18. The number of nitrogens with zero attached hydrogens (tertiary/aromatic N) is 2. The van der Waals surface area contributed by atoms with Crippen molar-refractivity contribution >= 4 is 5.91 Å². The Labute approximate surface area is 146 Å². The van der Waals surface area contributed by atoms with E-state index in [1.165, 1.54) is 0 Å². The first-order valence-electron chi connectivity index (χ1n) is 8.61. The number of amides is 1. The van der Waals surface area contributed by atoms with Gasteiger partial charge in [0.05, 0.1) is 0 Å². The number of hydrogen-bond acceptors (Lipinski definition) is 6. The zero-order valence-electron chi connectivity index (χ0n) is 14.3. The van der Waals surface area contributed by atoms with Crippen molar-refractivity contribution in [1.29, 1.82) is 0 Å². The van der Waals surface area contributed by atoms with Crippen LogP contribution in [0.3, 0.4) is 0 Å². The van der Waals surface area contributed by atoms with E-state index in [4.69, 9.17) is 9.26 Å². The molecule has 134 valence electrons. The topological polar surface area (TPSA) is 97.5 Å². The van der Waals surface area contributed by atoms with E-state index in [0.717, 1.165) is 5.56 Å². The number of ether oxygens (including phenoxy) is 1. The molecule has 0 atom stereocenters. The number of aryl methyl sites for hydroxylation is 2. The van der Waals surface area contributed by atoms with Gasteiger partial charge in [0.1, 0.15) is 11.3 Å². The van der Waals surface area contributed by atoms with Crippen LogP contribution in [0, 0.1) is 0 Å². The van der Waals surface area contributed by atoms with Crippen LogP contribution in [0.2, 0.25) is 0 Å². The van der Waals surface area contributed by atoms with Crippen molar-refractivity contribution < 1.29 is 19.2 Å². The highest BCUT2D eigenvalue weighted by Crippen LogP contribution is 2.31. The van der Waals surface area contributed by atoms with E-state index in [1.807, 2.05) is 19.1 Å². The fourth-order valence-electron chi connectivity index (χ4n) is 3.00. The fraction of sp³-hybridized carbons (Fsp3) is 0.500. The number of carbonyl (C=O) groups is 1. The molecular weight excluding hydrogens is 322 g/mol. The third-order valence-electron chi connectivity index (χ3n) is 4.53. The molecule has 0 radical (unpaired) electrons. The molecule has 1 aliphatic heterocycles. The van der Waals surface area contributed by atoms with Crippen molar-refractivity contribution in [1.82, 2.24) is 15.5 Å². The first-order chi connectivity index (χ1) is 12.1. The molecule has 0 spiro atoms. The summed E-state index contributed by atoms with van der Waals surface area (Å²) in [5, 5.41) is 16.9. The van der Waals surface area contributed by atoms with Crippen LogP contribution in [0.4, 0.5) is 0 Å². The summed E-state index contributed by atoms with van der Waals surface area (Å²) in [6, 6.07) is 7.05. The molecule has 0 aliphatic carbocycles. The van der Waals surface area contributed by atoms with Gasteiger partial charge in [-0.15, -0.1) is 0 Å². The molecule has 7 nitrogen and oxygen atoms in total. The average Bonchev–Trinajstić information content (AvgIpc) is 3.12. The monoisotopic (exact) mass is 345 g/mol. The maximum Gasteiger partial charge on any atom is 0.252 e. The first kappa shape index (κ1) is 17.4. The zero-order valence-corrected chi connectivity index (χ0v) is 14.3. The van der Waals surface area contributed by atoms with Gasteiger partial charge in [0.2, 0.25) is 5.91 Å². The lowest BCUT2D eigenvalue weighted by Gasteiger charge is -2.34. The summed E-state index contributed by atoms with van der Waals surface area (Å²) in [6.07, 6.45) is 2.61. The van der Waals surface area contributed by atoms with E-state index >= 15 is 0 Å². The van der Waals surface area contributed by atoms with Crippen LogP contribution in [0.25, 0.3) is 0 Å². The standard InChI is InChI=1S/C18H23N3O4/c1-2-15-19-17(25-21-15)18(9-11-24-12-10-18)20-16(23)8-7-13-5-3-4-6-14(13)22/h3-6,22H,2,7-12H2,1H3,(H,20,23). The normalized spacial score (nSPS) is 16.5. The van der Waals surface area contributed by atoms with E-state index < -0.39 is 5.54 Å². The minimum Gasteiger partial charge on any atom is -0.508 e. The molecule has 1 aromatic carbocycles. The van der Waals surface area contributed by atoms with Gasteiger partial charge in [0.25, 0.3) is 5.89 Å². The molecule has 1 amide bonds. The smallest absolute Gasteiger partial charge is 0.252 e. The molecule has 0 saturated carbocycles. The number of aromatic hydroxyl groups is 1. The summed E-state index contributed by atoms with van der Waals surface area (Å²) >= 11 is 0. The van der Waals surface area contributed by atoms with Gasteiger partial charge < -0.3 is 19.7 Å². The Kier molecular flexibility index (Phi) is 5.33. The van der Waals surface area contributed by atoms with Crippen LogP contribution < -0.4 is 5.32 Å². The summed E-state index contributed by atoms with van der Waals surface area (Å²) in [6.45, 7) is 3.02. The van der Waals surface area contributed by atoms with E-state index in [2.05, 4.69) is 15.5 Å². The molecule has 7 heteroatoms. The van der Waals surface area contributed by atoms with E-state index in [0.29, 0.717) is 50.6 Å². The van der Waals surface area contributed by atoms with Gasteiger partial charge in [-0.2, -0.15) is 4.98 Å². The molecule has 2 aromatic rings. The maximum absolute atomic E-state index is 12.5. The van der Waals surface area contributed by atoms with Crippen molar-refractivity contribution in [2.24, 2.45) is 0 Å². The number of carbonyl (C=O) groups excluding carboxylic acids is 1. The Morgan fingerprint density at radius 1 is 1.32 bits per heavy atom. The number of benzene rings is 1. The van der Waals surface area contributed by atoms with Crippen LogP contribution in [0.15, 0.2) is 28.8 Å². The predicted octanol–water partition coefficient (Wildman–Crippen LogP) is 2.09. The maximum atomic E-state index is 12.5. The molecule has 0 unspecified atom stereocenters. The summed E-state index contributed by atoms with van der Waals surface area (Å²) in [5.41, 5.74) is 0.0822. The third kappa shape index (κ3) is 3.99. The molecule has 1 saturated heterocycles. The van der Waals surface area contributed by atoms with Crippen LogP contribution in [0.1, 0.15) is 43.5 Å². The van der Waals surface area contributed by atoms with Crippen LogP contribution in [0.5, 0.6) is 5.75 Å². The van der Waals surface area contributed by atoms with Gasteiger partial charge in [0.15, 0.2) is 5.82 Å². The largest absolute Gasteiger partial charge is 0.508 e. The number of hydrogen-bond donors (Lipinski definition) is 2. The molecule has 1 aliphatic rings. The highest BCUT2D eigenvalue weighted by Gasteiger charge is 2.41. The highest BCUT2D eigenvalue weighted by molar-refractivity contribution is 5.77. The predicted molar refractivity (Wildman–Crippen MR) is 90.0 cm³/mol. The van der Waals surface area contributed by atoms with Gasteiger partial charge in [-0.1, -0.05) is 30.3 Å². The first-order valence-corrected chi connectivity index (χ1v) is 8.61. The quantitative estimate of drug-likeness (QED) is 0.832. The van der Waals surface area contributed by atoms with Crippen molar-refractivity contribution in [2.75, 3.05) is 13.2 Å². The molecule has 2 heterocycles. The number of phenols is 1.